The first-order chi connectivity index (χ1) is 8.45. The lowest BCUT2D eigenvalue weighted by molar-refractivity contribution is 0.234. The van der Waals surface area contributed by atoms with Gasteiger partial charge >= 0.3 is 0 Å². The van der Waals surface area contributed by atoms with Gasteiger partial charge in [0, 0.05) is 22.3 Å². The van der Waals surface area contributed by atoms with Crippen LogP contribution in [0.15, 0.2) is 12.1 Å². The van der Waals surface area contributed by atoms with Crippen molar-refractivity contribution in [3.05, 3.63) is 21.9 Å². The van der Waals surface area contributed by atoms with E-state index in [4.69, 9.17) is 0 Å². The first kappa shape index (κ1) is 14.0. The van der Waals surface area contributed by atoms with Gasteiger partial charge in [0.1, 0.15) is 0 Å². The lowest BCUT2D eigenvalue weighted by atomic mass is 9.95. The molecule has 0 bridgehead atoms. The highest BCUT2D eigenvalue weighted by Gasteiger charge is 2.18. The normalized spacial score (nSPS) is 19.3. The van der Waals surface area contributed by atoms with Crippen molar-refractivity contribution < 1.29 is 0 Å². The van der Waals surface area contributed by atoms with Crippen molar-refractivity contribution in [2.75, 3.05) is 20.1 Å². The van der Waals surface area contributed by atoms with Gasteiger partial charge in [-0.15, -0.1) is 11.3 Å². The highest BCUT2D eigenvalue weighted by Crippen LogP contribution is 2.29. The summed E-state index contributed by atoms with van der Waals surface area (Å²) in [7, 11) is 2.21. The molecule has 0 radical (unpaired) electrons. The largest absolute Gasteiger partial charge is 0.309 e. The number of nitrogens with zero attached hydrogens (tertiary/aromatic N) is 1. The third-order valence-electron chi connectivity index (χ3n) is 3.68. The van der Waals surface area contributed by atoms with Gasteiger partial charge in [-0.05, 0) is 50.5 Å². The molecule has 0 atom stereocenters. The Morgan fingerprint density at radius 1 is 1.28 bits per heavy atom. The molecule has 0 saturated carbocycles. The summed E-state index contributed by atoms with van der Waals surface area (Å²) in [5.74, 6) is 0. The summed E-state index contributed by atoms with van der Waals surface area (Å²) in [5.41, 5.74) is 0.288. The molecule has 1 N–H and O–H groups in total. The van der Waals surface area contributed by atoms with E-state index in [1.54, 1.807) is 0 Å². The van der Waals surface area contributed by atoms with Crippen molar-refractivity contribution in [1.29, 1.82) is 0 Å². The third kappa shape index (κ3) is 3.81. The van der Waals surface area contributed by atoms with E-state index in [-0.39, 0.29) is 5.41 Å². The smallest absolute Gasteiger partial charge is 0.0302 e. The van der Waals surface area contributed by atoms with Gasteiger partial charge in [-0.1, -0.05) is 20.8 Å². The number of rotatable bonds is 3. The standard InChI is InChI=1S/C15H26N2S/c1-15(2,3)14-6-5-13(18-14)11-16-12-7-9-17(4)10-8-12/h5-6,12,16H,7-11H2,1-4H3. The second-order valence-electron chi connectivity index (χ2n) is 6.47. The monoisotopic (exact) mass is 266 g/mol. The summed E-state index contributed by atoms with van der Waals surface area (Å²) >= 11 is 1.96. The summed E-state index contributed by atoms with van der Waals surface area (Å²) in [5, 5.41) is 3.71. The predicted molar refractivity (Wildman–Crippen MR) is 80.4 cm³/mol. The van der Waals surface area contributed by atoms with E-state index < -0.39 is 0 Å². The molecule has 2 heterocycles. The van der Waals surface area contributed by atoms with E-state index in [1.165, 1.54) is 35.7 Å². The first-order valence-corrected chi connectivity index (χ1v) is 7.78. The van der Waals surface area contributed by atoms with Gasteiger partial charge in [-0.3, -0.25) is 0 Å². The Kier molecular flexibility index (Phi) is 4.46. The number of hydrogen-bond acceptors (Lipinski definition) is 3. The highest BCUT2D eigenvalue weighted by atomic mass is 32.1. The van der Waals surface area contributed by atoms with Crippen molar-refractivity contribution >= 4 is 11.3 Å². The summed E-state index contributed by atoms with van der Waals surface area (Å²) in [6.07, 6.45) is 2.57. The van der Waals surface area contributed by atoms with E-state index in [1.807, 2.05) is 11.3 Å². The summed E-state index contributed by atoms with van der Waals surface area (Å²) in [6.45, 7) is 10.4. The van der Waals surface area contributed by atoms with Crippen LogP contribution in [-0.2, 0) is 12.0 Å². The molecule has 0 unspecified atom stereocenters. The summed E-state index contributed by atoms with van der Waals surface area (Å²) in [4.78, 5) is 5.38. The van der Waals surface area contributed by atoms with Gasteiger partial charge in [0.25, 0.3) is 0 Å². The number of piperidine rings is 1. The Balaban J connectivity index is 1.82. The minimum Gasteiger partial charge on any atom is -0.309 e. The maximum Gasteiger partial charge on any atom is 0.0302 e. The molecule has 1 saturated heterocycles. The van der Waals surface area contributed by atoms with E-state index in [2.05, 4.69) is 50.2 Å². The molecular formula is C15H26N2S. The topological polar surface area (TPSA) is 15.3 Å². The minimum atomic E-state index is 0.288. The molecule has 0 aromatic carbocycles. The molecule has 1 aliphatic rings. The molecule has 2 rings (SSSR count). The van der Waals surface area contributed by atoms with Crippen LogP contribution in [0.4, 0.5) is 0 Å². The lowest BCUT2D eigenvalue weighted by Crippen LogP contribution is -2.40. The van der Waals surface area contributed by atoms with Gasteiger partial charge in [0.05, 0.1) is 0 Å². The molecular weight excluding hydrogens is 240 g/mol. The Hall–Kier alpha value is -0.380. The Morgan fingerprint density at radius 2 is 1.94 bits per heavy atom. The van der Waals surface area contributed by atoms with Crippen LogP contribution >= 0.6 is 11.3 Å². The van der Waals surface area contributed by atoms with Crippen molar-refractivity contribution in [3.63, 3.8) is 0 Å². The zero-order valence-electron chi connectivity index (χ0n) is 12.1. The molecule has 0 spiro atoms. The van der Waals surface area contributed by atoms with Crippen LogP contribution < -0.4 is 5.32 Å². The molecule has 0 aliphatic carbocycles. The fraction of sp³-hybridized carbons (Fsp3) is 0.733. The van der Waals surface area contributed by atoms with Crippen molar-refractivity contribution in [3.8, 4) is 0 Å². The maximum atomic E-state index is 3.71. The van der Waals surface area contributed by atoms with Gasteiger partial charge < -0.3 is 10.2 Å². The number of hydrogen-bond donors (Lipinski definition) is 1. The minimum absolute atomic E-state index is 0.288. The van der Waals surface area contributed by atoms with Gasteiger partial charge in [0.2, 0.25) is 0 Å². The molecule has 1 fully saturated rings. The van der Waals surface area contributed by atoms with Gasteiger partial charge in [0.15, 0.2) is 0 Å². The van der Waals surface area contributed by atoms with Crippen molar-refractivity contribution in [2.45, 2.75) is 51.6 Å². The van der Waals surface area contributed by atoms with E-state index in [9.17, 15) is 0 Å². The molecule has 2 nitrogen and oxygen atoms in total. The molecule has 1 aromatic heterocycles. The van der Waals surface area contributed by atoms with Crippen molar-refractivity contribution in [1.82, 2.24) is 10.2 Å². The van der Waals surface area contributed by atoms with Crippen LogP contribution in [0.5, 0.6) is 0 Å². The van der Waals surface area contributed by atoms with Crippen LogP contribution in [0.25, 0.3) is 0 Å². The average molecular weight is 266 g/mol. The van der Waals surface area contributed by atoms with Crippen molar-refractivity contribution in [2.24, 2.45) is 0 Å². The Bertz CT molecular complexity index is 370. The summed E-state index contributed by atoms with van der Waals surface area (Å²) in [6, 6.07) is 5.28. The van der Waals surface area contributed by atoms with Crippen LogP contribution in [0.1, 0.15) is 43.4 Å². The van der Waals surface area contributed by atoms with Gasteiger partial charge in [-0.25, -0.2) is 0 Å². The van der Waals surface area contributed by atoms with Crippen LogP contribution in [0.3, 0.4) is 0 Å². The lowest BCUT2D eigenvalue weighted by Gasteiger charge is -2.29. The molecule has 1 aromatic rings. The fourth-order valence-electron chi connectivity index (χ4n) is 2.33. The number of likely N-dealkylation sites (tertiary alicyclic amines) is 1. The quantitative estimate of drug-likeness (QED) is 0.903. The SMILES string of the molecule is CN1CCC(NCc2ccc(C(C)(C)C)s2)CC1. The molecule has 1 aliphatic heterocycles. The molecule has 0 amide bonds. The van der Waals surface area contributed by atoms with E-state index >= 15 is 0 Å². The second kappa shape index (κ2) is 5.72. The van der Waals surface area contributed by atoms with Crippen LogP contribution in [-0.4, -0.2) is 31.1 Å². The van der Waals surface area contributed by atoms with Gasteiger partial charge in [-0.2, -0.15) is 0 Å². The average Bonchev–Trinajstić information content (AvgIpc) is 2.77. The third-order valence-corrected chi connectivity index (χ3v) is 5.20. The van der Waals surface area contributed by atoms with E-state index in [0.29, 0.717) is 6.04 Å². The molecule has 18 heavy (non-hydrogen) atoms. The molecule has 102 valence electrons. The first-order valence-electron chi connectivity index (χ1n) is 6.96. The number of nitrogens with one attached hydrogen (secondary N) is 1. The maximum absolute atomic E-state index is 3.71. The van der Waals surface area contributed by atoms with E-state index in [0.717, 1.165) is 6.54 Å². The second-order valence-corrected chi connectivity index (χ2v) is 7.64. The zero-order valence-corrected chi connectivity index (χ0v) is 12.9. The predicted octanol–water partition coefficient (Wildman–Crippen LogP) is 3.23. The number of thiophene rings is 1. The highest BCUT2D eigenvalue weighted by molar-refractivity contribution is 7.12. The zero-order chi connectivity index (χ0) is 13.2. The van der Waals surface area contributed by atoms with Crippen LogP contribution in [0.2, 0.25) is 0 Å². The molecule has 3 heteroatoms. The Labute approximate surface area is 115 Å². The van der Waals surface area contributed by atoms with Crippen LogP contribution in [0, 0.1) is 0 Å². The fourth-order valence-corrected chi connectivity index (χ4v) is 3.35. The Morgan fingerprint density at radius 3 is 2.50 bits per heavy atom. The summed E-state index contributed by atoms with van der Waals surface area (Å²) < 4.78 is 0.